The normalized spacial score (nSPS) is 12.0. The number of halogens is 2. The molecule has 4 aromatic rings. The highest BCUT2D eigenvalue weighted by atomic mass is 35.5. The second-order valence-corrected chi connectivity index (χ2v) is 7.37. The summed E-state index contributed by atoms with van der Waals surface area (Å²) in [6.07, 6.45) is 1.81. The third kappa shape index (κ3) is 4.11. The maximum absolute atomic E-state index is 13.6. The van der Waals surface area contributed by atoms with Crippen LogP contribution in [0.3, 0.4) is 0 Å². The van der Waals surface area contributed by atoms with Crippen molar-refractivity contribution in [1.29, 1.82) is 0 Å². The summed E-state index contributed by atoms with van der Waals surface area (Å²) in [5.74, 6) is -0.731. The van der Waals surface area contributed by atoms with Crippen LogP contribution in [0.4, 0.5) is 4.39 Å². The van der Waals surface area contributed by atoms with E-state index in [-0.39, 0.29) is 17.4 Å². The number of aryl methyl sites for hydroxylation is 2. The number of carbonyl (C=O) groups excluding carboxylic acids is 1. The van der Waals surface area contributed by atoms with Gasteiger partial charge in [-0.05, 0) is 55.0 Å². The van der Waals surface area contributed by atoms with Crippen molar-refractivity contribution in [2.45, 2.75) is 13.0 Å². The van der Waals surface area contributed by atoms with E-state index in [1.165, 1.54) is 16.8 Å². The highest BCUT2D eigenvalue weighted by Gasteiger charge is 2.22. The molecule has 0 fully saturated rings. The zero-order valence-corrected chi connectivity index (χ0v) is 17.1. The summed E-state index contributed by atoms with van der Waals surface area (Å²) < 4.78 is 16.8. The van der Waals surface area contributed by atoms with Gasteiger partial charge in [0.05, 0.1) is 17.4 Å². The van der Waals surface area contributed by atoms with Gasteiger partial charge in [-0.3, -0.25) is 9.48 Å². The molecule has 1 amide bonds. The molecule has 6 nitrogen and oxygen atoms in total. The van der Waals surface area contributed by atoms with Crippen LogP contribution in [0, 0.1) is 12.7 Å². The van der Waals surface area contributed by atoms with Crippen molar-refractivity contribution in [3.63, 3.8) is 0 Å². The van der Waals surface area contributed by atoms with Gasteiger partial charge in [-0.25, -0.2) is 9.07 Å². The Morgan fingerprint density at radius 3 is 2.53 bits per heavy atom. The Kier molecular flexibility index (Phi) is 5.37. The molecular weight excluding hydrogens is 405 g/mol. The van der Waals surface area contributed by atoms with Gasteiger partial charge in [-0.1, -0.05) is 29.8 Å². The Balaban J connectivity index is 1.65. The number of rotatable bonds is 5. The van der Waals surface area contributed by atoms with E-state index in [4.69, 9.17) is 11.6 Å². The molecule has 4 rings (SSSR count). The molecule has 0 aliphatic heterocycles. The van der Waals surface area contributed by atoms with Crippen LogP contribution >= 0.6 is 11.6 Å². The fourth-order valence-corrected chi connectivity index (χ4v) is 3.36. The molecule has 1 unspecified atom stereocenters. The molecule has 0 aliphatic rings. The highest BCUT2D eigenvalue weighted by molar-refractivity contribution is 6.30. The lowest BCUT2D eigenvalue weighted by molar-refractivity contribution is 0.0936. The van der Waals surface area contributed by atoms with Crippen LogP contribution in [0.5, 0.6) is 0 Å². The number of aromatic nitrogens is 4. The largest absolute Gasteiger partial charge is 0.338 e. The van der Waals surface area contributed by atoms with Crippen LogP contribution in [0.1, 0.15) is 33.5 Å². The van der Waals surface area contributed by atoms with Gasteiger partial charge < -0.3 is 5.32 Å². The first-order chi connectivity index (χ1) is 14.4. The zero-order chi connectivity index (χ0) is 21.3. The van der Waals surface area contributed by atoms with E-state index < -0.39 is 6.04 Å². The first-order valence-corrected chi connectivity index (χ1v) is 9.67. The summed E-state index contributed by atoms with van der Waals surface area (Å²) in [7, 11) is 1.81. The maximum atomic E-state index is 13.6. The fraction of sp³-hybridized carbons (Fsp3) is 0.136. The molecule has 152 valence electrons. The SMILES string of the molecule is Cc1cc(C(=O)NC(c2ccc(Cl)cc2)c2ccn(C)n2)nn1-c1cccc(F)c1. The minimum absolute atomic E-state index is 0.228. The Labute approximate surface area is 177 Å². The van der Waals surface area contributed by atoms with Crippen molar-refractivity contribution in [1.82, 2.24) is 24.9 Å². The number of nitrogens with one attached hydrogen (secondary N) is 1. The Morgan fingerprint density at radius 1 is 1.10 bits per heavy atom. The van der Waals surface area contributed by atoms with Crippen LogP contribution < -0.4 is 5.32 Å². The first kappa shape index (κ1) is 19.8. The number of benzene rings is 2. The molecule has 2 heterocycles. The van der Waals surface area contributed by atoms with Gasteiger partial charge in [-0.15, -0.1) is 0 Å². The van der Waals surface area contributed by atoms with Gasteiger partial charge in [-0.2, -0.15) is 10.2 Å². The summed E-state index contributed by atoms with van der Waals surface area (Å²) in [4.78, 5) is 13.0. The number of hydrogen-bond acceptors (Lipinski definition) is 3. The average Bonchev–Trinajstić information content (AvgIpc) is 3.32. The fourth-order valence-electron chi connectivity index (χ4n) is 3.23. The molecule has 1 N–H and O–H groups in total. The summed E-state index contributed by atoms with van der Waals surface area (Å²) in [5.41, 5.74) is 3.02. The lowest BCUT2D eigenvalue weighted by Crippen LogP contribution is -2.30. The summed E-state index contributed by atoms with van der Waals surface area (Å²) in [6, 6.07) is 16.3. The van der Waals surface area contributed by atoms with E-state index in [9.17, 15) is 9.18 Å². The lowest BCUT2D eigenvalue weighted by Gasteiger charge is -2.17. The smallest absolute Gasteiger partial charge is 0.272 e. The molecule has 0 spiro atoms. The zero-order valence-electron chi connectivity index (χ0n) is 16.4. The number of amides is 1. The van der Waals surface area contributed by atoms with Gasteiger partial charge >= 0.3 is 0 Å². The van der Waals surface area contributed by atoms with E-state index in [2.05, 4.69) is 15.5 Å². The number of carbonyl (C=O) groups is 1. The van der Waals surface area contributed by atoms with Gasteiger partial charge in [0.2, 0.25) is 0 Å². The molecule has 0 bridgehead atoms. The molecule has 2 aromatic heterocycles. The molecular formula is C22H19ClFN5O. The second-order valence-electron chi connectivity index (χ2n) is 6.93. The van der Waals surface area contributed by atoms with Crippen molar-refractivity contribution in [3.05, 3.63) is 100 Å². The van der Waals surface area contributed by atoms with Crippen molar-refractivity contribution in [2.24, 2.45) is 7.05 Å². The molecule has 2 aromatic carbocycles. The topological polar surface area (TPSA) is 64.7 Å². The van der Waals surface area contributed by atoms with E-state index >= 15 is 0 Å². The van der Waals surface area contributed by atoms with E-state index in [1.807, 2.05) is 38.4 Å². The lowest BCUT2D eigenvalue weighted by atomic mass is 10.0. The number of hydrogen-bond donors (Lipinski definition) is 1. The van der Waals surface area contributed by atoms with Gasteiger partial charge in [0.1, 0.15) is 5.82 Å². The van der Waals surface area contributed by atoms with Crippen molar-refractivity contribution < 1.29 is 9.18 Å². The van der Waals surface area contributed by atoms with Crippen LogP contribution in [0.2, 0.25) is 5.02 Å². The van der Waals surface area contributed by atoms with Crippen LogP contribution in [-0.2, 0) is 7.05 Å². The molecule has 0 saturated heterocycles. The maximum Gasteiger partial charge on any atom is 0.272 e. The van der Waals surface area contributed by atoms with Crippen molar-refractivity contribution in [2.75, 3.05) is 0 Å². The third-order valence-electron chi connectivity index (χ3n) is 4.68. The first-order valence-electron chi connectivity index (χ1n) is 9.29. The summed E-state index contributed by atoms with van der Waals surface area (Å²) in [5, 5.41) is 12.4. The van der Waals surface area contributed by atoms with Gasteiger partial charge in [0.25, 0.3) is 5.91 Å². The van der Waals surface area contributed by atoms with Crippen molar-refractivity contribution >= 4 is 17.5 Å². The summed E-state index contributed by atoms with van der Waals surface area (Å²) >= 11 is 6.01. The van der Waals surface area contributed by atoms with Gasteiger partial charge in [0.15, 0.2) is 5.69 Å². The Hall–Kier alpha value is -3.45. The third-order valence-corrected chi connectivity index (χ3v) is 4.93. The standard InChI is InChI=1S/C22H19ClFN5O/c1-14-12-20(27-29(14)18-5-3-4-17(24)13-18)22(30)25-21(19-10-11-28(2)26-19)15-6-8-16(23)9-7-15/h3-13,21H,1-2H3,(H,25,30). The molecule has 1 atom stereocenters. The van der Waals surface area contributed by atoms with E-state index in [1.54, 1.807) is 35.0 Å². The minimum Gasteiger partial charge on any atom is -0.338 e. The predicted octanol–water partition coefficient (Wildman–Crippen LogP) is 4.23. The monoisotopic (exact) mass is 423 g/mol. The molecule has 30 heavy (non-hydrogen) atoms. The quantitative estimate of drug-likeness (QED) is 0.522. The van der Waals surface area contributed by atoms with Crippen LogP contribution in [0.25, 0.3) is 5.69 Å². The molecule has 8 heteroatoms. The minimum atomic E-state index is -0.476. The average molecular weight is 424 g/mol. The molecule has 0 radical (unpaired) electrons. The van der Waals surface area contributed by atoms with Crippen LogP contribution in [0.15, 0.2) is 66.9 Å². The van der Waals surface area contributed by atoms with Crippen LogP contribution in [-0.4, -0.2) is 25.5 Å². The number of nitrogens with zero attached hydrogens (tertiary/aromatic N) is 4. The highest BCUT2D eigenvalue weighted by Crippen LogP contribution is 2.23. The predicted molar refractivity (Wildman–Crippen MR) is 112 cm³/mol. The Bertz CT molecular complexity index is 1200. The second kappa shape index (κ2) is 8.12. The van der Waals surface area contributed by atoms with Crippen molar-refractivity contribution in [3.8, 4) is 5.69 Å². The van der Waals surface area contributed by atoms with E-state index in [0.29, 0.717) is 22.1 Å². The van der Waals surface area contributed by atoms with E-state index in [0.717, 1.165) is 5.56 Å². The molecule has 0 aliphatic carbocycles. The Morgan fingerprint density at radius 2 is 1.87 bits per heavy atom. The van der Waals surface area contributed by atoms with Gasteiger partial charge in [0, 0.05) is 24.0 Å². The molecule has 0 saturated carbocycles. The summed E-state index contributed by atoms with van der Waals surface area (Å²) in [6.45, 7) is 1.81.